The fourth-order valence-corrected chi connectivity index (χ4v) is 2.14. The minimum absolute atomic E-state index is 0.243. The van der Waals surface area contributed by atoms with Crippen LogP contribution < -0.4 is 10.6 Å². The lowest BCUT2D eigenvalue weighted by Gasteiger charge is -2.24. The molecule has 2 nitrogen and oxygen atoms in total. The zero-order valence-electron chi connectivity index (χ0n) is 11.3. The van der Waals surface area contributed by atoms with E-state index in [-0.39, 0.29) is 11.9 Å². The van der Waals surface area contributed by atoms with Crippen molar-refractivity contribution in [2.24, 2.45) is 5.73 Å². The number of benzene rings is 2. The molecule has 0 aliphatic rings. The van der Waals surface area contributed by atoms with E-state index in [2.05, 4.69) is 6.07 Å². The predicted octanol–water partition coefficient (Wildman–Crippen LogP) is 3.27. The van der Waals surface area contributed by atoms with E-state index in [4.69, 9.17) is 5.73 Å². The highest BCUT2D eigenvalue weighted by molar-refractivity contribution is 5.48. The van der Waals surface area contributed by atoms with E-state index in [1.165, 1.54) is 11.6 Å². The molecule has 100 valence electrons. The van der Waals surface area contributed by atoms with Crippen molar-refractivity contribution in [1.29, 1.82) is 0 Å². The first-order chi connectivity index (χ1) is 9.08. The van der Waals surface area contributed by atoms with Crippen LogP contribution in [0.25, 0.3) is 0 Å². The molecule has 0 amide bonds. The summed E-state index contributed by atoms with van der Waals surface area (Å²) in [5.41, 5.74) is 8.94. The second kappa shape index (κ2) is 5.85. The van der Waals surface area contributed by atoms with E-state index in [9.17, 15) is 4.39 Å². The average molecular weight is 258 g/mol. The van der Waals surface area contributed by atoms with Gasteiger partial charge in [-0.2, -0.15) is 0 Å². The molecule has 19 heavy (non-hydrogen) atoms. The van der Waals surface area contributed by atoms with Crippen molar-refractivity contribution < 1.29 is 4.39 Å². The molecule has 1 unspecified atom stereocenters. The van der Waals surface area contributed by atoms with Gasteiger partial charge in [-0.1, -0.05) is 30.3 Å². The number of hydrogen-bond acceptors (Lipinski definition) is 2. The second-order valence-electron chi connectivity index (χ2n) is 4.85. The highest BCUT2D eigenvalue weighted by Gasteiger charge is 2.13. The summed E-state index contributed by atoms with van der Waals surface area (Å²) >= 11 is 0. The maximum atomic E-state index is 13.7. The monoisotopic (exact) mass is 258 g/mol. The van der Waals surface area contributed by atoms with Crippen molar-refractivity contribution in [2.45, 2.75) is 13.0 Å². The Balaban J connectivity index is 2.11. The van der Waals surface area contributed by atoms with Crippen LogP contribution in [0.2, 0.25) is 0 Å². The van der Waals surface area contributed by atoms with Gasteiger partial charge < -0.3 is 10.6 Å². The Kier molecular flexibility index (Phi) is 4.17. The van der Waals surface area contributed by atoms with Crippen molar-refractivity contribution in [3.63, 3.8) is 0 Å². The van der Waals surface area contributed by atoms with Gasteiger partial charge in [0.15, 0.2) is 0 Å². The summed E-state index contributed by atoms with van der Waals surface area (Å²) in [4.78, 5) is 2.05. The number of hydrogen-bond donors (Lipinski definition) is 1. The third-order valence-corrected chi connectivity index (χ3v) is 3.22. The molecule has 3 heteroatoms. The van der Waals surface area contributed by atoms with Crippen LogP contribution in [0.4, 0.5) is 10.1 Å². The van der Waals surface area contributed by atoms with Crippen LogP contribution in [0.5, 0.6) is 0 Å². The van der Waals surface area contributed by atoms with Crippen LogP contribution in [-0.4, -0.2) is 13.6 Å². The summed E-state index contributed by atoms with van der Waals surface area (Å²) in [6.07, 6.45) is 0. The van der Waals surface area contributed by atoms with E-state index in [1.807, 2.05) is 43.1 Å². The Morgan fingerprint density at radius 3 is 2.58 bits per heavy atom. The summed E-state index contributed by atoms with van der Waals surface area (Å²) in [5.74, 6) is -0.243. The molecule has 2 aromatic rings. The zero-order chi connectivity index (χ0) is 13.8. The lowest BCUT2D eigenvalue weighted by Crippen LogP contribution is -2.29. The fourth-order valence-electron chi connectivity index (χ4n) is 2.14. The van der Waals surface area contributed by atoms with Gasteiger partial charge in [0, 0.05) is 24.8 Å². The zero-order valence-corrected chi connectivity index (χ0v) is 11.3. The molecule has 2 rings (SSSR count). The maximum absolute atomic E-state index is 13.7. The first kappa shape index (κ1) is 13.6. The lowest BCUT2D eigenvalue weighted by molar-refractivity contribution is 0.580. The minimum atomic E-state index is -0.341. The minimum Gasteiger partial charge on any atom is -0.373 e. The van der Waals surface area contributed by atoms with Gasteiger partial charge >= 0.3 is 0 Å². The van der Waals surface area contributed by atoms with Crippen LogP contribution in [-0.2, 0) is 0 Å². The van der Waals surface area contributed by atoms with Crippen molar-refractivity contribution in [3.05, 3.63) is 65.5 Å². The van der Waals surface area contributed by atoms with Gasteiger partial charge in [-0.15, -0.1) is 0 Å². The van der Waals surface area contributed by atoms with E-state index in [1.54, 1.807) is 12.1 Å². The number of halogens is 1. The number of anilines is 1. The first-order valence-electron chi connectivity index (χ1n) is 6.36. The molecule has 2 aromatic carbocycles. The molecule has 0 radical (unpaired) electrons. The molecule has 0 heterocycles. The smallest absolute Gasteiger partial charge is 0.128 e. The normalized spacial score (nSPS) is 12.2. The van der Waals surface area contributed by atoms with Gasteiger partial charge in [-0.3, -0.25) is 0 Å². The molecular weight excluding hydrogens is 239 g/mol. The van der Waals surface area contributed by atoms with Crippen LogP contribution in [0.1, 0.15) is 17.2 Å². The van der Waals surface area contributed by atoms with E-state index in [0.29, 0.717) is 12.1 Å². The summed E-state index contributed by atoms with van der Waals surface area (Å²) in [7, 11) is 1.97. The summed E-state index contributed by atoms with van der Waals surface area (Å²) in [6.45, 7) is 2.62. The molecule has 1 atom stereocenters. The van der Waals surface area contributed by atoms with E-state index >= 15 is 0 Å². The molecule has 0 aromatic heterocycles. The first-order valence-corrected chi connectivity index (χ1v) is 6.36. The molecule has 0 aliphatic heterocycles. The number of aryl methyl sites for hydroxylation is 1. The van der Waals surface area contributed by atoms with Crippen LogP contribution in [0.15, 0.2) is 48.5 Å². The van der Waals surface area contributed by atoms with Gasteiger partial charge in [-0.25, -0.2) is 4.39 Å². The Labute approximate surface area is 113 Å². The third-order valence-electron chi connectivity index (χ3n) is 3.22. The summed E-state index contributed by atoms with van der Waals surface area (Å²) in [5, 5.41) is 0. The highest BCUT2D eigenvalue weighted by Crippen LogP contribution is 2.19. The summed E-state index contributed by atoms with van der Waals surface area (Å²) in [6, 6.07) is 14.5. The molecule has 0 fully saturated rings. The SMILES string of the molecule is Cc1cccc(N(C)CC(N)c2ccccc2F)c1. The quantitative estimate of drug-likeness (QED) is 0.912. The molecular formula is C16H19FN2. The Hall–Kier alpha value is -1.87. The average Bonchev–Trinajstić information content (AvgIpc) is 2.39. The molecule has 2 N–H and O–H groups in total. The van der Waals surface area contributed by atoms with Crippen LogP contribution in [0, 0.1) is 12.7 Å². The van der Waals surface area contributed by atoms with Crippen LogP contribution >= 0.6 is 0 Å². The third kappa shape index (κ3) is 3.32. The molecule has 0 saturated heterocycles. The van der Waals surface area contributed by atoms with Crippen molar-refractivity contribution in [3.8, 4) is 0 Å². The molecule has 0 bridgehead atoms. The molecule has 0 spiro atoms. The Morgan fingerprint density at radius 2 is 1.89 bits per heavy atom. The van der Waals surface area contributed by atoms with Gasteiger partial charge in [0.25, 0.3) is 0 Å². The van der Waals surface area contributed by atoms with Gasteiger partial charge in [0.2, 0.25) is 0 Å². The van der Waals surface area contributed by atoms with Gasteiger partial charge in [0.05, 0.1) is 6.04 Å². The fraction of sp³-hybridized carbons (Fsp3) is 0.250. The van der Waals surface area contributed by atoms with Crippen LogP contribution in [0.3, 0.4) is 0 Å². The predicted molar refractivity (Wildman–Crippen MR) is 77.8 cm³/mol. The van der Waals surface area contributed by atoms with Gasteiger partial charge in [-0.05, 0) is 30.7 Å². The van der Waals surface area contributed by atoms with Crippen molar-refractivity contribution >= 4 is 5.69 Å². The lowest BCUT2D eigenvalue weighted by atomic mass is 10.1. The molecule has 0 aliphatic carbocycles. The van der Waals surface area contributed by atoms with E-state index < -0.39 is 0 Å². The maximum Gasteiger partial charge on any atom is 0.128 e. The van der Waals surface area contributed by atoms with Gasteiger partial charge in [0.1, 0.15) is 5.82 Å². The van der Waals surface area contributed by atoms with Crippen molar-refractivity contribution in [2.75, 3.05) is 18.5 Å². The number of nitrogens with zero attached hydrogens (tertiary/aromatic N) is 1. The van der Waals surface area contributed by atoms with Crippen molar-refractivity contribution in [1.82, 2.24) is 0 Å². The van der Waals surface area contributed by atoms with E-state index in [0.717, 1.165) is 5.69 Å². The highest BCUT2D eigenvalue weighted by atomic mass is 19.1. The Bertz CT molecular complexity index is 554. The number of nitrogens with two attached hydrogens (primary N) is 1. The topological polar surface area (TPSA) is 29.3 Å². The summed E-state index contributed by atoms with van der Waals surface area (Å²) < 4.78 is 13.7. The number of rotatable bonds is 4. The largest absolute Gasteiger partial charge is 0.373 e. The standard InChI is InChI=1S/C16H19FN2/c1-12-6-5-7-13(10-12)19(2)11-16(18)14-8-3-4-9-15(14)17/h3-10,16H,11,18H2,1-2H3. The Morgan fingerprint density at radius 1 is 1.16 bits per heavy atom. The second-order valence-corrected chi connectivity index (χ2v) is 4.85. The molecule has 0 saturated carbocycles. The number of likely N-dealkylation sites (N-methyl/N-ethyl adjacent to an activating group) is 1.